The van der Waals surface area contributed by atoms with Crippen molar-refractivity contribution in [3.05, 3.63) is 0 Å². The van der Waals surface area contributed by atoms with Crippen molar-refractivity contribution < 1.29 is 4.74 Å². The second kappa shape index (κ2) is 4.07. The van der Waals surface area contributed by atoms with Crippen molar-refractivity contribution in [2.24, 2.45) is 11.7 Å². The maximum Gasteiger partial charge on any atom is 0.0586 e. The van der Waals surface area contributed by atoms with Crippen LogP contribution in [-0.4, -0.2) is 19.3 Å². The van der Waals surface area contributed by atoms with Gasteiger partial charge >= 0.3 is 0 Å². The van der Waals surface area contributed by atoms with E-state index in [0.717, 1.165) is 0 Å². The van der Waals surface area contributed by atoms with E-state index in [9.17, 15) is 0 Å². The lowest BCUT2D eigenvalue weighted by molar-refractivity contribution is 0.0415. The summed E-state index contributed by atoms with van der Waals surface area (Å²) < 4.78 is 5.28. The largest absolute Gasteiger partial charge is 0.381 e. The Morgan fingerprint density at radius 1 is 1.36 bits per heavy atom. The van der Waals surface area contributed by atoms with Gasteiger partial charge in [0, 0.05) is 13.2 Å². The van der Waals surface area contributed by atoms with Crippen molar-refractivity contribution in [1.29, 1.82) is 0 Å². The summed E-state index contributed by atoms with van der Waals surface area (Å²) in [6, 6.07) is 0.374. The Morgan fingerprint density at radius 2 is 2.00 bits per heavy atom. The molecule has 0 aromatic carbocycles. The standard InChI is InChI=1S/C9H19NO/c1-7(11-2)8-5-3-4-6-9(8)10/h7-9H,3-6,10H2,1-2H3. The van der Waals surface area contributed by atoms with Gasteiger partial charge in [0.1, 0.15) is 0 Å². The molecule has 66 valence electrons. The topological polar surface area (TPSA) is 35.2 Å². The normalized spacial score (nSPS) is 35.2. The molecule has 1 aliphatic rings. The highest BCUT2D eigenvalue weighted by Crippen LogP contribution is 2.26. The van der Waals surface area contributed by atoms with Crippen LogP contribution in [0.4, 0.5) is 0 Å². The lowest BCUT2D eigenvalue weighted by Crippen LogP contribution is -2.39. The van der Waals surface area contributed by atoms with E-state index in [1.807, 2.05) is 0 Å². The third-order valence-corrected chi connectivity index (χ3v) is 2.85. The van der Waals surface area contributed by atoms with Crippen LogP contribution in [0.5, 0.6) is 0 Å². The molecule has 2 heteroatoms. The average Bonchev–Trinajstić information content (AvgIpc) is 2.04. The Kier molecular flexibility index (Phi) is 3.34. The van der Waals surface area contributed by atoms with Crippen molar-refractivity contribution in [3.8, 4) is 0 Å². The summed E-state index contributed by atoms with van der Waals surface area (Å²) in [5.41, 5.74) is 5.98. The van der Waals surface area contributed by atoms with Crippen molar-refractivity contribution in [1.82, 2.24) is 0 Å². The fourth-order valence-corrected chi connectivity index (χ4v) is 1.95. The molecule has 1 aliphatic carbocycles. The molecular weight excluding hydrogens is 138 g/mol. The van der Waals surface area contributed by atoms with Gasteiger partial charge in [-0.2, -0.15) is 0 Å². The second-order valence-electron chi connectivity index (χ2n) is 3.55. The molecule has 0 aromatic rings. The Hall–Kier alpha value is -0.0800. The smallest absolute Gasteiger partial charge is 0.0586 e. The van der Waals surface area contributed by atoms with Crippen LogP contribution in [0.15, 0.2) is 0 Å². The summed E-state index contributed by atoms with van der Waals surface area (Å²) in [5, 5.41) is 0. The van der Waals surface area contributed by atoms with E-state index < -0.39 is 0 Å². The highest BCUT2D eigenvalue weighted by Gasteiger charge is 2.26. The summed E-state index contributed by atoms with van der Waals surface area (Å²) in [6.45, 7) is 2.12. The molecule has 1 saturated carbocycles. The molecule has 0 aliphatic heterocycles. The highest BCUT2D eigenvalue weighted by molar-refractivity contribution is 4.81. The van der Waals surface area contributed by atoms with Crippen LogP contribution in [0, 0.1) is 5.92 Å². The number of nitrogens with two attached hydrogens (primary N) is 1. The monoisotopic (exact) mass is 157 g/mol. The molecule has 0 spiro atoms. The Morgan fingerprint density at radius 3 is 2.55 bits per heavy atom. The van der Waals surface area contributed by atoms with E-state index in [1.165, 1.54) is 25.7 Å². The van der Waals surface area contributed by atoms with Gasteiger partial charge in [0.05, 0.1) is 6.10 Å². The number of hydrogen-bond acceptors (Lipinski definition) is 2. The van der Waals surface area contributed by atoms with Gasteiger partial charge in [-0.05, 0) is 25.7 Å². The van der Waals surface area contributed by atoms with Gasteiger partial charge in [0.15, 0.2) is 0 Å². The molecule has 0 aromatic heterocycles. The first-order valence-electron chi connectivity index (χ1n) is 4.54. The Bertz CT molecular complexity index is 112. The molecule has 0 saturated heterocycles. The third-order valence-electron chi connectivity index (χ3n) is 2.85. The molecule has 0 heterocycles. The van der Waals surface area contributed by atoms with Gasteiger partial charge < -0.3 is 10.5 Å². The predicted octanol–water partition coefficient (Wildman–Crippen LogP) is 1.54. The van der Waals surface area contributed by atoms with Gasteiger partial charge in [-0.25, -0.2) is 0 Å². The summed E-state index contributed by atoms with van der Waals surface area (Å²) in [5.74, 6) is 0.591. The van der Waals surface area contributed by atoms with Gasteiger partial charge in [-0.15, -0.1) is 0 Å². The average molecular weight is 157 g/mol. The van der Waals surface area contributed by atoms with Gasteiger partial charge in [0.25, 0.3) is 0 Å². The maximum atomic E-state index is 5.98. The van der Waals surface area contributed by atoms with E-state index in [-0.39, 0.29) is 0 Å². The molecule has 1 fully saturated rings. The molecule has 2 N–H and O–H groups in total. The van der Waals surface area contributed by atoms with E-state index in [1.54, 1.807) is 7.11 Å². The first kappa shape index (κ1) is 9.01. The molecule has 11 heavy (non-hydrogen) atoms. The number of hydrogen-bond donors (Lipinski definition) is 1. The fourth-order valence-electron chi connectivity index (χ4n) is 1.95. The first-order valence-corrected chi connectivity index (χ1v) is 4.54. The first-order chi connectivity index (χ1) is 5.25. The minimum atomic E-state index is 0.338. The summed E-state index contributed by atoms with van der Waals surface area (Å²) in [6.07, 6.45) is 5.39. The van der Waals surface area contributed by atoms with Crippen molar-refractivity contribution in [2.75, 3.05) is 7.11 Å². The highest BCUT2D eigenvalue weighted by atomic mass is 16.5. The minimum Gasteiger partial charge on any atom is -0.381 e. The number of methoxy groups -OCH3 is 1. The maximum absolute atomic E-state index is 5.98. The van der Waals surface area contributed by atoms with E-state index in [2.05, 4.69) is 6.92 Å². The van der Waals surface area contributed by atoms with E-state index in [4.69, 9.17) is 10.5 Å². The lowest BCUT2D eigenvalue weighted by Gasteiger charge is -2.32. The van der Waals surface area contributed by atoms with Gasteiger partial charge in [0.2, 0.25) is 0 Å². The van der Waals surface area contributed by atoms with Crippen molar-refractivity contribution in [3.63, 3.8) is 0 Å². The van der Waals surface area contributed by atoms with Crippen LogP contribution in [0.2, 0.25) is 0 Å². The predicted molar refractivity (Wildman–Crippen MR) is 46.4 cm³/mol. The molecule has 3 atom stereocenters. The minimum absolute atomic E-state index is 0.338. The zero-order valence-electron chi connectivity index (χ0n) is 7.55. The van der Waals surface area contributed by atoms with E-state index >= 15 is 0 Å². The second-order valence-corrected chi connectivity index (χ2v) is 3.55. The van der Waals surface area contributed by atoms with Crippen LogP contribution >= 0.6 is 0 Å². The van der Waals surface area contributed by atoms with Crippen LogP contribution in [-0.2, 0) is 4.74 Å². The summed E-state index contributed by atoms with van der Waals surface area (Å²) >= 11 is 0. The molecule has 1 rings (SSSR count). The van der Waals surface area contributed by atoms with Crippen molar-refractivity contribution >= 4 is 0 Å². The summed E-state index contributed by atoms with van der Waals surface area (Å²) in [4.78, 5) is 0. The number of ether oxygens (including phenoxy) is 1. The van der Waals surface area contributed by atoms with Gasteiger partial charge in [-0.1, -0.05) is 12.8 Å². The molecular formula is C9H19NO. The molecule has 3 unspecified atom stereocenters. The van der Waals surface area contributed by atoms with E-state index in [0.29, 0.717) is 18.1 Å². The van der Waals surface area contributed by atoms with Crippen molar-refractivity contribution in [2.45, 2.75) is 44.8 Å². The Balaban J connectivity index is 2.40. The molecule has 0 bridgehead atoms. The summed E-state index contributed by atoms with van der Waals surface area (Å²) in [7, 11) is 1.77. The van der Waals surface area contributed by atoms with Crippen LogP contribution < -0.4 is 5.73 Å². The molecule has 2 nitrogen and oxygen atoms in total. The van der Waals surface area contributed by atoms with Crippen LogP contribution in [0.3, 0.4) is 0 Å². The zero-order valence-corrected chi connectivity index (χ0v) is 7.55. The van der Waals surface area contributed by atoms with Crippen LogP contribution in [0.1, 0.15) is 32.6 Å². The molecule has 0 amide bonds. The fraction of sp³-hybridized carbons (Fsp3) is 1.00. The van der Waals surface area contributed by atoms with Crippen LogP contribution in [0.25, 0.3) is 0 Å². The number of rotatable bonds is 2. The Labute approximate surface area is 69.1 Å². The van der Waals surface area contributed by atoms with Gasteiger partial charge in [-0.3, -0.25) is 0 Å². The molecule has 0 radical (unpaired) electrons. The lowest BCUT2D eigenvalue weighted by atomic mass is 9.82. The zero-order chi connectivity index (χ0) is 8.27. The third kappa shape index (κ3) is 2.17. The SMILES string of the molecule is COC(C)C1CCCCC1N. The quantitative estimate of drug-likeness (QED) is 0.660.